The molecule has 0 saturated heterocycles. The lowest BCUT2D eigenvalue weighted by Crippen LogP contribution is -2.45. The zero-order valence-electron chi connectivity index (χ0n) is 13.2. The minimum absolute atomic E-state index is 0.151. The van der Waals surface area contributed by atoms with Crippen molar-refractivity contribution < 1.29 is 19.0 Å². The molecule has 128 valence electrons. The maximum Gasteiger partial charge on any atom is 0.315 e. The van der Waals surface area contributed by atoms with Crippen LogP contribution >= 0.6 is 0 Å². The molecule has 6 heteroatoms. The van der Waals surface area contributed by atoms with Crippen LogP contribution in [0.5, 0.6) is 5.75 Å². The van der Waals surface area contributed by atoms with Crippen LogP contribution in [0.2, 0.25) is 0 Å². The first-order chi connectivity index (χ1) is 11.7. The molecule has 3 N–H and O–H groups in total. The van der Waals surface area contributed by atoms with E-state index in [0.29, 0.717) is 12.2 Å². The molecule has 2 rings (SSSR count). The van der Waals surface area contributed by atoms with Crippen molar-refractivity contribution in [1.82, 2.24) is 10.6 Å². The third-order valence-corrected chi connectivity index (χ3v) is 3.33. The van der Waals surface area contributed by atoms with Crippen LogP contribution in [0.1, 0.15) is 5.56 Å². The molecule has 0 bridgehead atoms. The maximum absolute atomic E-state index is 13.0. The van der Waals surface area contributed by atoms with Crippen LogP contribution in [0.15, 0.2) is 54.6 Å². The third kappa shape index (κ3) is 6.26. The quantitative estimate of drug-likeness (QED) is 0.649. The molecule has 0 fully saturated rings. The fourth-order valence-corrected chi connectivity index (χ4v) is 2.19. The van der Waals surface area contributed by atoms with Crippen LogP contribution in [0.25, 0.3) is 0 Å². The van der Waals surface area contributed by atoms with Crippen LogP contribution in [-0.4, -0.2) is 36.9 Å². The topological polar surface area (TPSA) is 70.6 Å². The number of benzene rings is 2. The van der Waals surface area contributed by atoms with Gasteiger partial charge in [0.1, 0.15) is 18.2 Å². The van der Waals surface area contributed by atoms with Crippen LogP contribution in [0.3, 0.4) is 0 Å². The van der Waals surface area contributed by atoms with E-state index >= 15 is 0 Å². The summed E-state index contributed by atoms with van der Waals surface area (Å²) in [5.41, 5.74) is 1.03. The Balaban J connectivity index is 1.68. The van der Waals surface area contributed by atoms with Crippen LogP contribution in [0, 0.1) is 5.82 Å². The Morgan fingerprint density at radius 3 is 2.67 bits per heavy atom. The van der Waals surface area contributed by atoms with Crippen LogP contribution in [-0.2, 0) is 6.42 Å². The fraction of sp³-hybridized carbons (Fsp3) is 0.278. The van der Waals surface area contributed by atoms with Gasteiger partial charge in [0, 0.05) is 6.07 Å². The van der Waals surface area contributed by atoms with Gasteiger partial charge in [0.2, 0.25) is 0 Å². The standard InChI is InChI=1S/C18H21FN2O3/c19-15-7-4-8-17(12-15)24-10-9-20-18(23)21-16(13-22)11-14-5-2-1-3-6-14/h1-8,12,16,22H,9-11,13H2,(H2,20,21,23). The first-order valence-corrected chi connectivity index (χ1v) is 7.75. The second-order valence-corrected chi connectivity index (χ2v) is 5.28. The Morgan fingerprint density at radius 1 is 1.17 bits per heavy atom. The van der Waals surface area contributed by atoms with Crippen molar-refractivity contribution in [3.63, 3.8) is 0 Å². The number of amides is 2. The van der Waals surface area contributed by atoms with E-state index in [1.807, 2.05) is 30.3 Å². The number of rotatable bonds is 8. The average molecular weight is 332 g/mol. The van der Waals surface area contributed by atoms with Crippen molar-refractivity contribution in [2.45, 2.75) is 12.5 Å². The number of carbonyl (C=O) groups excluding carboxylic acids is 1. The summed E-state index contributed by atoms with van der Waals surface area (Å²) < 4.78 is 18.3. The molecule has 5 nitrogen and oxygen atoms in total. The van der Waals surface area contributed by atoms with Crippen LogP contribution in [0.4, 0.5) is 9.18 Å². The van der Waals surface area contributed by atoms with Gasteiger partial charge < -0.3 is 20.5 Å². The van der Waals surface area contributed by atoms with Gasteiger partial charge in [-0.3, -0.25) is 0 Å². The number of hydrogen-bond donors (Lipinski definition) is 3. The lowest BCUT2D eigenvalue weighted by atomic mass is 10.1. The summed E-state index contributed by atoms with van der Waals surface area (Å²) in [6, 6.07) is 14.7. The molecule has 1 atom stereocenters. The summed E-state index contributed by atoms with van der Waals surface area (Å²) in [5, 5.41) is 14.7. The van der Waals surface area contributed by atoms with Gasteiger partial charge in [-0.25, -0.2) is 9.18 Å². The summed E-state index contributed by atoms with van der Waals surface area (Å²) in [6.45, 7) is 0.341. The molecule has 0 saturated carbocycles. The van der Waals surface area contributed by atoms with E-state index in [-0.39, 0.29) is 37.6 Å². The number of nitrogens with one attached hydrogen (secondary N) is 2. The zero-order valence-corrected chi connectivity index (χ0v) is 13.2. The lowest BCUT2D eigenvalue weighted by molar-refractivity contribution is 0.213. The highest BCUT2D eigenvalue weighted by molar-refractivity contribution is 5.74. The minimum atomic E-state index is -0.382. The third-order valence-electron chi connectivity index (χ3n) is 3.33. The molecule has 2 aromatic carbocycles. The SMILES string of the molecule is O=C(NCCOc1cccc(F)c1)NC(CO)Cc1ccccc1. The molecule has 2 aromatic rings. The summed E-state index contributed by atoms with van der Waals surface area (Å²) in [7, 11) is 0. The number of hydrogen-bond acceptors (Lipinski definition) is 3. The van der Waals surface area contributed by atoms with Gasteiger partial charge in [-0.1, -0.05) is 36.4 Å². The molecule has 0 heterocycles. The van der Waals surface area contributed by atoms with Gasteiger partial charge >= 0.3 is 6.03 Å². The Kier molecular flexibility index (Phi) is 7.04. The number of halogens is 1. The fourth-order valence-electron chi connectivity index (χ4n) is 2.19. The van der Waals surface area contributed by atoms with Gasteiger partial charge in [-0.05, 0) is 24.1 Å². The van der Waals surface area contributed by atoms with Gasteiger partial charge in [0.05, 0.1) is 19.2 Å². The van der Waals surface area contributed by atoms with Gasteiger partial charge in [-0.2, -0.15) is 0 Å². The Bertz CT molecular complexity index is 637. The molecular formula is C18H21FN2O3. The van der Waals surface area contributed by atoms with Crippen molar-refractivity contribution >= 4 is 6.03 Å². The first-order valence-electron chi connectivity index (χ1n) is 7.75. The molecule has 0 spiro atoms. The summed E-state index contributed by atoms with van der Waals surface area (Å²) in [6.07, 6.45) is 0.546. The molecule has 1 unspecified atom stereocenters. The van der Waals surface area contributed by atoms with Crippen LogP contribution < -0.4 is 15.4 Å². The lowest BCUT2D eigenvalue weighted by Gasteiger charge is -2.17. The summed E-state index contributed by atoms with van der Waals surface area (Å²) >= 11 is 0. The van der Waals surface area contributed by atoms with E-state index < -0.39 is 0 Å². The second kappa shape index (κ2) is 9.52. The van der Waals surface area contributed by atoms with E-state index in [0.717, 1.165) is 5.56 Å². The molecule has 0 aliphatic rings. The van der Waals surface area contributed by atoms with Crippen molar-refractivity contribution in [2.24, 2.45) is 0 Å². The summed E-state index contributed by atoms with van der Waals surface area (Å²) in [5.74, 6) is 0.0411. The van der Waals surface area contributed by atoms with E-state index in [2.05, 4.69) is 10.6 Å². The maximum atomic E-state index is 13.0. The smallest absolute Gasteiger partial charge is 0.315 e. The molecule has 24 heavy (non-hydrogen) atoms. The highest BCUT2D eigenvalue weighted by Gasteiger charge is 2.11. The van der Waals surface area contributed by atoms with E-state index in [4.69, 9.17) is 4.74 Å². The number of aliphatic hydroxyl groups is 1. The number of carbonyl (C=O) groups is 1. The Labute approximate surface area is 140 Å². The van der Waals surface area contributed by atoms with E-state index in [1.165, 1.54) is 12.1 Å². The van der Waals surface area contributed by atoms with E-state index in [9.17, 15) is 14.3 Å². The normalized spacial score (nSPS) is 11.6. The molecule has 2 amide bonds. The van der Waals surface area contributed by atoms with Gasteiger partial charge in [0.25, 0.3) is 0 Å². The van der Waals surface area contributed by atoms with Crippen molar-refractivity contribution in [3.8, 4) is 5.75 Å². The molecule has 0 aliphatic carbocycles. The predicted octanol–water partition coefficient (Wildman–Crippen LogP) is 2.11. The van der Waals surface area contributed by atoms with Crippen molar-refractivity contribution in [1.29, 1.82) is 0 Å². The Morgan fingerprint density at radius 2 is 1.96 bits per heavy atom. The number of ether oxygens (including phenoxy) is 1. The predicted molar refractivity (Wildman–Crippen MR) is 89.4 cm³/mol. The second-order valence-electron chi connectivity index (χ2n) is 5.28. The number of urea groups is 1. The largest absolute Gasteiger partial charge is 0.492 e. The zero-order chi connectivity index (χ0) is 17.2. The minimum Gasteiger partial charge on any atom is -0.492 e. The summed E-state index contributed by atoms with van der Waals surface area (Å²) in [4.78, 5) is 11.8. The van der Waals surface area contributed by atoms with E-state index in [1.54, 1.807) is 12.1 Å². The first kappa shape index (κ1) is 17.7. The number of aliphatic hydroxyl groups excluding tert-OH is 1. The van der Waals surface area contributed by atoms with Gasteiger partial charge in [0.15, 0.2) is 0 Å². The molecule has 0 aromatic heterocycles. The molecular weight excluding hydrogens is 311 g/mol. The van der Waals surface area contributed by atoms with Crippen molar-refractivity contribution in [3.05, 3.63) is 66.0 Å². The highest BCUT2D eigenvalue weighted by atomic mass is 19.1. The highest BCUT2D eigenvalue weighted by Crippen LogP contribution is 2.11. The average Bonchev–Trinajstić information content (AvgIpc) is 2.59. The Hall–Kier alpha value is -2.60. The molecule has 0 radical (unpaired) electrons. The van der Waals surface area contributed by atoms with Gasteiger partial charge in [-0.15, -0.1) is 0 Å². The monoisotopic (exact) mass is 332 g/mol. The molecule has 0 aliphatic heterocycles. The van der Waals surface area contributed by atoms with Crippen molar-refractivity contribution in [2.75, 3.05) is 19.8 Å².